The molecule has 33 heavy (non-hydrogen) atoms. The van der Waals surface area contributed by atoms with Crippen molar-refractivity contribution in [2.45, 2.75) is 113 Å². The van der Waals surface area contributed by atoms with Gasteiger partial charge in [-0.25, -0.2) is 0 Å². The highest BCUT2D eigenvalue weighted by molar-refractivity contribution is 5.38. The van der Waals surface area contributed by atoms with Gasteiger partial charge in [0.25, 0.3) is 0 Å². The van der Waals surface area contributed by atoms with Gasteiger partial charge in [-0.2, -0.15) is 0 Å². The van der Waals surface area contributed by atoms with Crippen molar-refractivity contribution in [3.05, 3.63) is 35.5 Å². The van der Waals surface area contributed by atoms with E-state index in [-0.39, 0.29) is 0 Å². The van der Waals surface area contributed by atoms with E-state index in [9.17, 15) is 10.2 Å². The van der Waals surface area contributed by atoms with E-state index in [1.54, 1.807) is 5.57 Å². The highest BCUT2D eigenvalue weighted by atomic mass is 16.3. The Bertz CT molecular complexity index is 764. The van der Waals surface area contributed by atoms with Gasteiger partial charge in [0.05, 0.1) is 12.2 Å². The monoisotopic (exact) mass is 456 g/mol. The van der Waals surface area contributed by atoms with E-state index in [0.717, 1.165) is 28.9 Å². The molecule has 6 unspecified atom stereocenters. The lowest BCUT2D eigenvalue weighted by Gasteiger charge is -2.48. The number of aliphatic hydroxyl groups is 2. The van der Waals surface area contributed by atoms with Gasteiger partial charge >= 0.3 is 0 Å². The molecule has 188 valence electrons. The van der Waals surface area contributed by atoms with E-state index >= 15 is 0 Å². The zero-order valence-electron chi connectivity index (χ0n) is 22.8. The lowest BCUT2D eigenvalue weighted by atomic mass is 9.57. The Labute approximate surface area is 204 Å². The van der Waals surface area contributed by atoms with Gasteiger partial charge in [0.2, 0.25) is 0 Å². The summed E-state index contributed by atoms with van der Waals surface area (Å²) in [4.78, 5) is 0. The summed E-state index contributed by atoms with van der Waals surface area (Å²) in [5.74, 6) is 4.51. The molecule has 3 rings (SSSR count). The molecule has 0 aromatic rings. The molecule has 3 aliphatic rings. The third-order valence-electron chi connectivity index (χ3n) is 11.0. The van der Waals surface area contributed by atoms with Crippen LogP contribution in [0.15, 0.2) is 35.5 Å². The van der Waals surface area contributed by atoms with Gasteiger partial charge in [-0.3, -0.25) is 0 Å². The Morgan fingerprint density at radius 2 is 1.64 bits per heavy atom. The zero-order valence-corrected chi connectivity index (χ0v) is 22.8. The van der Waals surface area contributed by atoms with Crippen LogP contribution >= 0.6 is 0 Å². The number of aliphatic hydroxyl groups excluding tert-OH is 2. The van der Waals surface area contributed by atoms with Gasteiger partial charge in [-0.15, -0.1) is 0 Å². The Morgan fingerprint density at radius 3 is 2.27 bits per heavy atom. The predicted octanol–water partition coefficient (Wildman–Crippen LogP) is 7.72. The fraction of sp³-hybridized carbons (Fsp3) is 0.806. The lowest BCUT2D eigenvalue weighted by molar-refractivity contribution is 0.00495. The van der Waals surface area contributed by atoms with E-state index < -0.39 is 12.2 Å². The summed E-state index contributed by atoms with van der Waals surface area (Å²) in [7, 11) is 0. The van der Waals surface area contributed by atoms with E-state index in [1.807, 2.05) is 0 Å². The maximum Gasteiger partial charge on any atom is 0.0811 e. The lowest BCUT2D eigenvalue weighted by Crippen LogP contribution is -2.41. The third kappa shape index (κ3) is 5.37. The molecule has 3 fully saturated rings. The number of hydrogen-bond donors (Lipinski definition) is 2. The summed E-state index contributed by atoms with van der Waals surface area (Å²) in [5, 5.41) is 20.3. The summed E-state index contributed by atoms with van der Waals surface area (Å²) in [6.07, 6.45) is 11.0. The summed E-state index contributed by atoms with van der Waals surface area (Å²) in [5.41, 5.74) is 4.04. The minimum atomic E-state index is -0.602. The first-order chi connectivity index (χ1) is 15.3. The van der Waals surface area contributed by atoms with Crippen molar-refractivity contribution in [2.24, 2.45) is 46.3 Å². The van der Waals surface area contributed by atoms with Crippen molar-refractivity contribution in [1.82, 2.24) is 0 Å². The van der Waals surface area contributed by atoms with Crippen LogP contribution in [0.25, 0.3) is 0 Å². The van der Waals surface area contributed by atoms with E-state index in [0.29, 0.717) is 41.4 Å². The first kappa shape index (κ1) is 26.7. The molecule has 0 aromatic carbocycles. The normalized spacial score (nSPS) is 36.7. The molecule has 0 aromatic heterocycles. The van der Waals surface area contributed by atoms with Gasteiger partial charge in [-0.1, -0.05) is 79.7 Å². The summed E-state index contributed by atoms with van der Waals surface area (Å²) in [6.45, 7) is 23.8. The van der Waals surface area contributed by atoms with Crippen LogP contribution in [0.2, 0.25) is 0 Å². The second-order valence-corrected chi connectivity index (χ2v) is 13.5. The molecule has 3 saturated carbocycles. The van der Waals surface area contributed by atoms with Crippen LogP contribution in [-0.2, 0) is 0 Å². The molecule has 0 heterocycles. The van der Waals surface area contributed by atoms with Crippen LogP contribution < -0.4 is 0 Å². The molecule has 0 aliphatic heterocycles. The van der Waals surface area contributed by atoms with Gasteiger partial charge in [0, 0.05) is 6.42 Å². The van der Waals surface area contributed by atoms with E-state index in [2.05, 4.69) is 74.1 Å². The average Bonchev–Trinajstić information content (AvgIpc) is 3.17. The Hall–Kier alpha value is -0.860. The third-order valence-corrected chi connectivity index (χ3v) is 11.0. The predicted molar refractivity (Wildman–Crippen MR) is 141 cm³/mol. The molecule has 8 atom stereocenters. The number of rotatable bonds is 5. The Balaban J connectivity index is 1.74. The van der Waals surface area contributed by atoms with Gasteiger partial charge < -0.3 is 10.2 Å². The largest absolute Gasteiger partial charge is 0.393 e. The number of fused-ring (bicyclic) bond motifs is 1. The summed E-state index contributed by atoms with van der Waals surface area (Å²) >= 11 is 0. The number of allylic oxidation sites excluding steroid dienone is 3. The molecule has 0 bridgehead atoms. The van der Waals surface area contributed by atoms with Gasteiger partial charge in [0.15, 0.2) is 0 Å². The maximum atomic E-state index is 10.2. The van der Waals surface area contributed by atoms with Crippen LogP contribution in [0.3, 0.4) is 0 Å². The van der Waals surface area contributed by atoms with Crippen LogP contribution in [0.5, 0.6) is 0 Å². The molecule has 3 aliphatic carbocycles. The van der Waals surface area contributed by atoms with Gasteiger partial charge in [0.1, 0.15) is 0 Å². The molecular formula is C31H52O2. The Kier molecular flexibility index (Phi) is 8.12. The van der Waals surface area contributed by atoms with Gasteiger partial charge in [-0.05, 0) is 96.0 Å². The molecular weight excluding hydrogens is 404 g/mol. The fourth-order valence-corrected chi connectivity index (χ4v) is 7.21. The molecule has 2 N–H and O–H groups in total. The maximum absolute atomic E-state index is 10.2. The highest BCUT2D eigenvalue weighted by Gasteiger charge is 2.46. The van der Waals surface area contributed by atoms with E-state index in [4.69, 9.17) is 0 Å². The number of hydrogen-bond acceptors (Lipinski definition) is 2. The minimum absolute atomic E-state index is 0.303. The molecule has 2 nitrogen and oxygen atoms in total. The minimum Gasteiger partial charge on any atom is -0.393 e. The van der Waals surface area contributed by atoms with Crippen molar-refractivity contribution in [1.29, 1.82) is 0 Å². The van der Waals surface area contributed by atoms with Crippen LogP contribution in [0.1, 0.15) is 100 Å². The average molecular weight is 457 g/mol. The first-order valence-electron chi connectivity index (χ1n) is 13.7. The van der Waals surface area contributed by atoms with Crippen LogP contribution in [0.4, 0.5) is 0 Å². The second kappa shape index (κ2) is 10.0. The molecule has 0 amide bonds. The summed E-state index contributed by atoms with van der Waals surface area (Å²) in [6, 6.07) is 0. The standard InChI is InChI=1S/C31H52O2/c1-19(22(4)31(8,9)30(5,6)7)20(2)26-15-16-27-23(11-10-12-28(26)27)13-14-24-17-25(32)18-29(33)21(24)3/h13-14,19-20,22,25-29,32-33H,3,10-12,15-18H2,1-2,4-9H3/b23-13+,24-14-/t19?,20?,22?,25-,26?,27?,28?,29+/m1/s1. The van der Waals surface area contributed by atoms with E-state index in [1.165, 1.54) is 32.1 Å². The quantitative estimate of drug-likeness (QED) is 0.444. The first-order valence-corrected chi connectivity index (χ1v) is 13.7. The van der Waals surface area contributed by atoms with Crippen LogP contribution in [0, 0.1) is 46.3 Å². The molecule has 0 spiro atoms. The van der Waals surface area contributed by atoms with Crippen molar-refractivity contribution >= 4 is 0 Å². The fourth-order valence-electron chi connectivity index (χ4n) is 7.21. The van der Waals surface area contributed by atoms with Crippen molar-refractivity contribution in [2.75, 3.05) is 0 Å². The Morgan fingerprint density at radius 1 is 0.970 bits per heavy atom. The zero-order chi connectivity index (χ0) is 24.7. The van der Waals surface area contributed by atoms with Crippen LogP contribution in [-0.4, -0.2) is 22.4 Å². The van der Waals surface area contributed by atoms with Crippen molar-refractivity contribution in [3.8, 4) is 0 Å². The molecule has 0 radical (unpaired) electrons. The second-order valence-electron chi connectivity index (χ2n) is 13.5. The van der Waals surface area contributed by atoms with Crippen molar-refractivity contribution < 1.29 is 10.2 Å². The summed E-state index contributed by atoms with van der Waals surface area (Å²) < 4.78 is 0. The highest BCUT2D eigenvalue weighted by Crippen LogP contribution is 2.55. The molecule has 0 saturated heterocycles. The van der Waals surface area contributed by atoms with Crippen molar-refractivity contribution in [3.63, 3.8) is 0 Å². The SMILES string of the molecule is C=C1/C(=C\C=C2/CCCC3C2CCC3C(C)C(C)C(C)C(C)(C)C(C)(C)C)C[C@@H](O)C[C@@H]1O. The topological polar surface area (TPSA) is 40.5 Å². The smallest absolute Gasteiger partial charge is 0.0811 e. The molecule has 2 heteroatoms.